The van der Waals surface area contributed by atoms with Crippen LogP contribution in [0, 0.1) is 0 Å². The van der Waals surface area contributed by atoms with E-state index in [0.717, 1.165) is 24.0 Å². The van der Waals surface area contributed by atoms with E-state index in [1.807, 2.05) is 24.3 Å². The van der Waals surface area contributed by atoms with Gasteiger partial charge in [0.1, 0.15) is 11.5 Å². The molecule has 0 bridgehead atoms. The molecule has 0 aliphatic heterocycles. The van der Waals surface area contributed by atoms with Crippen LogP contribution in [0.15, 0.2) is 46.4 Å². The van der Waals surface area contributed by atoms with Crippen molar-refractivity contribution in [2.24, 2.45) is 9.98 Å². The first kappa shape index (κ1) is 39.2. The molecule has 6 nitrogen and oxygen atoms in total. The molecule has 30 heavy (non-hydrogen) atoms. The Labute approximate surface area is 208 Å². The maximum Gasteiger partial charge on any atom is 2.00 e. The molecular weight excluding hydrogens is 494 g/mol. The first-order valence-electron chi connectivity index (χ1n) is 8.27. The molecule has 0 aliphatic carbocycles. The quantitative estimate of drug-likeness (QED) is 0.286. The van der Waals surface area contributed by atoms with E-state index in [-0.39, 0.29) is 77.8 Å². The van der Waals surface area contributed by atoms with E-state index in [0.29, 0.717) is 13.1 Å². The first-order chi connectivity index (χ1) is 11.6. The SMILES string of the molecule is CCc1ccc(O)c(C=NCCN=Cc2cc(CC)ccc2O)c1.[Cl-].[Cl-].[Cl-].[Co+2].[NH2-].[NH2-]. The summed E-state index contributed by atoms with van der Waals surface area (Å²) in [6.07, 6.45) is 5.20. The van der Waals surface area contributed by atoms with E-state index in [1.165, 1.54) is 11.1 Å². The fraction of sp³-hybridized carbons (Fsp3) is 0.300. The molecule has 2 aromatic rings. The smallest absolute Gasteiger partial charge is 1.00 e. The molecule has 6 N–H and O–H groups in total. The van der Waals surface area contributed by atoms with Crippen molar-refractivity contribution in [2.45, 2.75) is 26.7 Å². The summed E-state index contributed by atoms with van der Waals surface area (Å²) in [5.74, 6) is 0.474. The van der Waals surface area contributed by atoms with Crippen LogP contribution in [0.4, 0.5) is 0 Å². The molecule has 173 valence electrons. The average Bonchev–Trinajstić information content (AvgIpc) is 2.60. The zero-order valence-electron chi connectivity index (χ0n) is 16.9. The van der Waals surface area contributed by atoms with Crippen molar-refractivity contribution in [2.75, 3.05) is 13.1 Å². The van der Waals surface area contributed by atoms with Crippen molar-refractivity contribution in [3.63, 3.8) is 0 Å². The van der Waals surface area contributed by atoms with E-state index < -0.39 is 0 Å². The molecule has 0 fully saturated rings. The van der Waals surface area contributed by atoms with Gasteiger partial charge in [0.2, 0.25) is 0 Å². The third kappa shape index (κ3) is 12.4. The summed E-state index contributed by atoms with van der Waals surface area (Å²) in [7, 11) is 0. The Bertz CT molecular complexity index is 699. The van der Waals surface area contributed by atoms with E-state index in [2.05, 4.69) is 23.8 Å². The number of benzene rings is 2. The number of aromatic hydroxyl groups is 2. The minimum Gasteiger partial charge on any atom is -1.00 e. The number of nitrogens with two attached hydrogens (primary N) is 2. The first-order valence-corrected chi connectivity index (χ1v) is 8.27. The van der Waals surface area contributed by atoms with Crippen molar-refractivity contribution < 1.29 is 64.2 Å². The van der Waals surface area contributed by atoms with Crippen LogP contribution in [-0.4, -0.2) is 35.7 Å². The Hall–Kier alpha value is -1.32. The van der Waals surface area contributed by atoms with Crippen LogP contribution in [0.2, 0.25) is 0 Å². The second-order valence-electron chi connectivity index (χ2n) is 5.56. The van der Waals surface area contributed by atoms with Crippen LogP contribution in [-0.2, 0) is 29.6 Å². The van der Waals surface area contributed by atoms with Crippen molar-refractivity contribution >= 4 is 12.4 Å². The van der Waals surface area contributed by atoms with Crippen LogP contribution in [0.5, 0.6) is 11.5 Å². The third-order valence-corrected chi connectivity index (χ3v) is 3.82. The summed E-state index contributed by atoms with van der Waals surface area (Å²) in [4.78, 5) is 8.61. The van der Waals surface area contributed by atoms with Crippen molar-refractivity contribution in [1.82, 2.24) is 0 Å². The summed E-state index contributed by atoms with van der Waals surface area (Å²) in [5.41, 5.74) is 3.79. The van der Waals surface area contributed by atoms with Crippen LogP contribution in [0.25, 0.3) is 12.3 Å². The number of nitrogens with zero attached hydrogens (tertiary/aromatic N) is 2. The topological polar surface area (TPSA) is 132 Å². The molecular formula is C20H28Cl3CoN4O2-3. The fourth-order valence-corrected chi connectivity index (χ4v) is 2.30. The van der Waals surface area contributed by atoms with Crippen molar-refractivity contribution in [3.05, 3.63) is 71.0 Å². The van der Waals surface area contributed by atoms with Crippen molar-refractivity contribution in [1.29, 1.82) is 0 Å². The van der Waals surface area contributed by atoms with Crippen LogP contribution >= 0.6 is 0 Å². The van der Waals surface area contributed by atoms with Gasteiger partial charge in [-0.15, -0.1) is 0 Å². The van der Waals surface area contributed by atoms with Gasteiger partial charge in [-0.2, -0.15) is 0 Å². The molecule has 0 heterocycles. The zero-order valence-corrected chi connectivity index (χ0v) is 20.2. The zero-order chi connectivity index (χ0) is 17.4. The van der Waals surface area contributed by atoms with Crippen molar-refractivity contribution in [3.8, 4) is 11.5 Å². The molecule has 10 heteroatoms. The number of phenols is 2. The van der Waals surface area contributed by atoms with Gasteiger partial charge >= 0.3 is 16.8 Å². The fourth-order valence-electron chi connectivity index (χ4n) is 2.30. The van der Waals surface area contributed by atoms with Gasteiger partial charge < -0.3 is 59.7 Å². The number of halogens is 3. The third-order valence-electron chi connectivity index (χ3n) is 3.82. The largest absolute Gasteiger partial charge is 2.00 e. The Balaban J connectivity index is -0.000000347. The maximum atomic E-state index is 9.81. The Morgan fingerprint density at radius 1 is 0.700 bits per heavy atom. The number of hydrogen-bond donors (Lipinski definition) is 2. The number of hydrogen-bond acceptors (Lipinski definition) is 4. The van der Waals surface area contributed by atoms with Crippen LogP contribution in [0.1, 0.15) is 36.1 Å². The molecule has 1 radical (unpaired) electrons. The predicted octanol–water partition coefficient (Wildman–Crippen LogP) is -3.80. The van der Waals surface area contributed by atoms with Gasteiger partial charge in [0.25, 0.3) is 0 Å². The summed E-state index contributed by atoms with van der Waals surface area (Å²) >= 11 is 0. The molecule has 0 saturated carbocycles. The number of phenolic OH excluding ortho intramolecular Hbond substituents is 2. The minimum atomic E-state index is 0. The van der Waals surface area contributed by atoms with Gasteiger partial charge in [0.15, 0.2) is 0 Å². The molecule has 0 saturated heterocycles. The summed E-state index contributed by atoms with van der Waals surface area (Å²) in [6.45, 7) is 5.21. The number of rotatable bonds is 7. The van der Waals surface area contributed by atoms with Gasteiger partial charge in [-0.3, -0.25) is 9.98 Å². The number of aryl methyl sites for hydroxylation is 2. The number of aliphatic imine (C=N–C) groups is 2. The summed E-state index contributed by atoms with van der Waals surface area (Å²) in [5, 5.41) is 19.6. The Morgan fingerprint density at radius 2 is 1.03 bits per heavy atom. The van der Waals surface area contributed by atoms with Gasteiger partial charge in [-0.05, 0) is 48.2 Å². The Kier molecular flexibility index (Phi) is 27.3. The summed E-state index contributed by atoms with van der Waals surface area (Å²) < 4.78 is 0. The molecule has 0 aromatic heterocycles. The Morgan fingerprint density at radius 3 is 1.33 bits per heavy atom. The van der Waals surface area contributed by atoms with E-state index in [9.17, 15) is 10.2 Å². The minimum absolute atomic E-state index is 0. The monoisotopic (exact) mass is 520 g/mol. The van der Waals surface area contributed by atoms with Gasteiger partial charge in [-0.25, -0.2) is 0 Å². The van der Waals surface area contributed by atoms with Gasteiger partial charge in [0, 0.05) is 23.6 Å². The molecule has 0 amide bonds. The normalized spacial score (nSPS) is 9.27. The molecule has 0 aliphatic rings. The second kappa shape index (κ2) is 20.9. The molecule has 0 atom stereocenters. The van der Waals surface area contributed by atoms with Crippen LogP contribution < -0.4 is 37.2 Å². The van der Waals surface area contributed by atoms with Crippen LogP contribution in [0.3, 0.4) is 0 Å². The van der Waals surface area contributed by atoms with E-state index in [1.54, 1.807) is 24.6 Å². The predicted molar refractivity (Wildman–Crippen MR) is 110 cm³/mol. The van der Waals surface area contributed by atoms with E-state index in [4.69, 9.17) is 0 Å². The summed E-state index contributed by atoms with van der Waals surface area (Å²) in [6, 6.07) is 11.1. The van der Waals surface area contributed by atoms with Gasteiger partial charge in [-0.1, -0.05) is 26.0 Å². The standard InChI is InChI=1S/C20H24N2O2.3ClH.Co.2H2N/c1-3-15-5-7-19(23)17(11-15)13-21-9-10-22-14-18-12-16(4-2)6-8-20(18)24;;;;;;/h5-8,11-14,23-24H,3-4,9-10H2,1-2H3;3*1H;;2*1H2/q;;;;+2;2*-1/p-3. The molecule has 0 unspecified atom stereocenters. The molecule has 2 rings (SSSR count). The molecule has 2 aromatic carbocycles. The average molecular weight is 522 g/mol. The van der Waals surface area contributed by atoms with Gasteiger partial charge in [0.05, 0.1) is 13.1 Å². The molecule has 0 spiro atoms. The second-order valence-corrected chi connectivity index (χ2v) is 5.56. The van der Waals surface area contributed by atoms with E-state index >= 15 is 0 Å². The maximum absolute atomic E-state index is 9.81.